The highest BCUT2D eigenvalue weighted by Gasteiger charge is 2.28. The van der Waals surface area contributed by atoms with Crippen molar-refractivity contribution in [3.05, 3.63) is 35.9 Å². The number of nitrogens with zero attached hydrogens (tertiary/aromatic N) is 1. The standard InChI is InChI=1S/C13H16BrNO2S/c14-8-2-1-5-12-6-3-7-13(11-12)15-9-4-10-18(15,16)17/h1,3,5-7,11H,2,4,8-10H2. The molecule has 5 heteroatoms. The smallest absolute Gasteiger partial charge is 0.235 e. The van der Waals surface area contributed by atoms with Crippen LogP contribution in [0, 0.1) is 0 Å². The lowest BCUT2D eigenvalue weighted by molar-refractivity contribution is 0.599. The largest absolute Gasteiger partial charge is 0.270 e. The van der Waals surface area contributed by atoms with Gasteiger partial charge in [-0.25, -0.2) is 8.42 Å². The molecule has 18 heavy (non-hydrogen) atoms. The van der Waals surface area contributed by atoms with E-state index < -0.39 is 10.0 Å². The van der Waals surface area contributed by atoms with Gasteiger partial charge in [-0.3, -0.25) is 4.31 Å². The van der Waals surface area contributed by atoms with E-state index >= 15 is 0 Å². The minimum absolute atomic E-state index is 0.261. The fourth-order valence-electron chi connectivity index (χ4n) is 2.00. The van der Waals surface area contributed by atoms with E-state index in [0.29, 0.717) is 13.0 Å². The number of halogens is 1. The van der Waals surface area contributed by atoms with Gasteiger partial charge in [-0.15, -0.1) is 0 Å². The number of anilines is 1. The summed E-state index contributed by atoms with van der Waals surface area (Å²) in [5.41, 5.74) is 1.81. The highest BCUT2D eigenvalue weighted by molar-refractivity contribution is 9.09. The molecular formula is C13H16BrNO2S. The Hall–Kier alpha value is -0.810. The molecule has 0 amide bonds. The van der Waals surface area contributed by atoms with Crippen LogP contribution in [0.25, 0.3) is 6.08 Å². The van der Waals surface area contributed by atoms with Gasteiger partial charge in [0.1, 0.15) is 0 Å². The third-order valence-electron chi connectivity index (χ3n) is 2.84. The normalized spacial score (nSPS) is 18.6. The molecule has 98 valence electrons. The first kappa shape index (κ1) is 13.6. The Morgan fingerprint density at radius 3 is 2.89 bits per heavy atom. The second kappa shape index (κ2) is 5.89. The molecule has 1 saturated heterocycles. The Labute approximate surface area is 117 Å². The van der Waals surface area contributed by atoms with E-state index in [9.17, 15) is 8.42 Å². The number of benzene rings is 1. The van der Waals surface area contributed by atoms with Gasteiger partial charge in [-0.2, -0.15) is 0 Å². The van der Waals surface area contributed by atoms with E-state index in [-0.39, 0.29) is 5.75 Å². The minimum atomic E-state index is -3.08. The summed E-state index contributed by atoms with van der Waals surface area (Å²) in [6.07, 6.45) is 5.78. The van der Waals surface area contributed by atoms with Gasteiger partial charge in [0, 0.05) is 11.9 Å². The lowest BCUT2D eigenvalue weighted by Crippen LogP contribution is -2.24. The summed E-state index contributed by atoms with van der Waals surface area (Å²) in [5.74, 6) is 0.261. The molecule has 1 aliphatic heterocycles. The summed E-state index contributed by atoms with van der Waals surface area (Å²) in [6.45, 7) is 0.594. The summed E-state index contributed by atoms with van der Waals surface area (Å²) in [5, 5.41) is 0.934. The molecule has 0 radical (unpaired) electrons. The Bertz CT molecular complexity index is 540. The zero-order chi connectivity index (χ0) is 13.0. The number of sulfonamides is 1. The van der Waals surface area contributed by atoms with E-state index in [1.54, 1.807) is 0 Å². The zero-order valence-electron chi connectivity index (χ0n) is 10.0. The van der Waals surface area contributed by atoms with Crippen LogP contribution >= 0.6 is 15.9 Å². The maximum atomic E-state index is 11.8. The van der Waals surface area contributed by atoms with Crippen LogP contribution in [0.5, 0.6) is 0 Å². The predicted molar refractivity (Wildman–Crippen MR) is 79.6 cm³/mol. The van der Waals surface area contributed by atoms with Crippen molar-refractivity contribution in [3.8, 4) is 0 Å². The SMILES string of the molecule is O=S1(=O)CCCN1c1cccc(C=CCCBr)c1. The Balaban J connectivity index is 2.22. The molecule has 0 atom stereocenters. The lowest BCUT2D eigenvalue weighted by Gasteiger charge is -2.17. The van der Waals surface area contributed by atoms with Gasteiger partial charge in [0.15, 0.2) is 0 Å². The molecule has 0 N–H and O–H groups in total. The Morgan fingerprint density at radius 1 is 1.39 bits per heavy atom. The van der Waals surface area contributed by atoms with Crippen LogP contribution < -0.4 is 4.31 Å². The average molecular weight is 330 g/mol. The van der Waals surface area contributed by atoms with Crippen LogP contribution in [-0.2, 0) is 10.0 Å². The molecule has 3 nitrogen and oxygen atoms in total. The third-order valence-corrected chi connectivity index (χ3v) is 5.17. The van der Waals surface area contributed by atoms with Crippen LogP contribution in [0.3, 0.4) is 0 Å². The van der Waals surface area contributed by atoms with Crippen molar-refractivity contribution >= 4 is 37.7 Å². The quantitative estimate of drug-likeness (QED) is 0.796. The van der Waals surface area contributed by atoms with Gasteiger partial charge >= 0.3 is 0 Å². The van der Waals surface area contributed by atoms with Crippen LogP contribution in [-0.4, -0.2) is 26.0 Å². The molecule has 1 aromatic carbocycles. The first-order chi connectivity index (χ1) is 8.63. The van der Waals surface area contributed by atoms with Crippen molar-refractivity contribution in [2.75, 3.05) is 21.9 Å². The molecule has 1 aromatic rings. The number of hydrogen-bond donors (Lipinski definition) is 0. The van der Waals surface area contributed by atoms with E-state index in [1.165, 1.54) is 4.31 Å². The summed E-state index contributed by atoms with van der Waals surface area (Å²) < 4.78 is 25.2. The molecule has 0 unspecified atom stereocenters. The van der Waals surface area contributed by atoms with Crippen LogP contribution in [0.4, 0.5) is 5.69 Å². The van der Waals surface area contributed by atoms with Gasteiger partial charge in [0.25, 0.3) is 0 Å². The Kier molecular flexibility index (Phi) is 4.45. The number of hydrogen-bond acceptors (Lipinski definition) is 2. The molecule has 0 spiro atoms. The van der Waals surface area contributed by atoms with Crippen molar-refractivity contribution in [1.29, 1.82) is 0 Å². The summed E-state index contributed by atoms with van der Waals surface area (Å²) in [4.78, 5) is 0. The van der Waals surface area contributed by atoms with E-state index in [1.807, 2.05) is 30.3 Å². The molecule has 2 rings (SSSR count). The van der Waals surface area contributed by atoms with Gasteiger partial charge in [-0.1, -0.05) is 40.2 Å². The zero-order valence-corrected chi connectivity index (χ0v) is 12.5. The van der Waals surface area contributed by atoms with Crippen molar-refractivity contribution in [2.45, 2.75) is 12.8 Å². The minimum Gasteiger partial charge on any atom is -0.270 e. The van der Waals surface area contributed by atoms with Crippen molar-refractivity contribution in [3.63, 3.8) is 0 Å². The third kappa shape index (κ3) is 3.14. The topological polar surface area (TPSA) is 37.4 Å². The monoisotopic (exact) mass is 329 g/mol. The molecule has 0 aromatic heterocycles. The van der Waals surface area contributed by atoms with Crippen molar-refractivity contribution in [1.82, 2.24) is 0 Å². The van der Waals surface area contributed by atoms with Gasteiger partial charge in [-0.05, 0) is 30.5 Å². The second-order valence-corrected chi connectivity index (χ2v) is 7.02. The molecule has 0 saturated carbocycles. The number of allylic oxidation sites excluding steroid dienone is 1. The van der Waals surface area contributed by atoms with Gasteiger partial charge < -0.3 is 0 Å². The maximum absolute atomic E-state index is 11.8. The fraction of sp³-hybridized carbons (Fsp3) is 0.385. The Morgan fingerprint density at radius 2 is 2.22 bits per heavy atom. The summed E-state index contributed by atoms with van der Waals surface area (Å²) in [6, 6.07) is 7.66. The molecule has 1 heterocycles. The van der Waals surface area contributed by atoms with Crippen molar-refractivity contribution < 1.29 is 8.42 Å². The van der Waals surface area contributed by atoms with Gasteiger partial charge in [0.2, 0.25) is 10.0 Å². The predicted octanol–water partition coefficient (Wildman–Crippen LogP) is 3.02. The lowest BCUT2D eigenvalue weighted by atomic mass is 10.2. The number of alkyl halides is 1. The summed E-state index contributed by atoms with van der Waals surface area (Å²) >= 11 is 3.37. The molecular weight excluding hydrogens is 314 g/mol. The number of rotatable bonds is 4. The first-order valence-electron chi connectivity index (χ1n) is 5.96. The van der Waals surface area contributed by atoms with Crippen LogP contribution in [0.15, 0.2) is 30.3 Å². The molecule has 1 aliphatic rings. The first-order valence-corrected chi connectivity index (χ1v) is 8.69. The van der Waals surface area contributed by atoms with Crippen molar-refractivity contribution in [2.24, 2.45) is 0 Å². The van der Waals surface area contributed by atoms with Crippen LogP contribution in [0.2, 0.25) is 0 Å². The highest BCUT2D eigenvalue weighted by Crippen LogP contribution is 2.25. The van der Waals surface area contributed by atoms with Crippen LogP contribution in [0.1, 0.15) is 18.4 Å². The van der Waals surface area contributed by atoms with E-state index in [4.69, 9.17) is 0 Å². The summed E-state index contributed by atoms with van der Waals surface area (Å²) in [7, 11) is -3.08. The molecule has 0 aliphatic carbocycles. The maximum Gasteiger partial charge on any atom is 0.235 e. The second-order valence-electron chi connectivity index (χ2n) is 4.22. The fourth-order valence-corrected chi connectivity index (χ4v) is 3.82. The average Bonchev–Trinajstić information content (AvgIpc) is 2.70. The van der Waals surface area contributed by atoms with E-state index in [2.05, 4.69) is 22.0 Å². The van der Waals surface area contributed by atoms with Gasteiger partial charge in [0.05, 0.1) is 11.4 Å². The molecule has 0 bridgehead atoms. The highest BCUT2D eigenvalue weighted by atomic mass is 79.9. The van der Waals surface area contributed by atoms with E-state index in [0.717, 1.165) is 23.0 Å². The molecule has 1 fully saturated rings.